The molecule has 1 heterocycles. The number of nitrogens with one attached hydrogen (secondary N) is 1. The van der Waals surface area contributed by atoms with E-state index < -0.39 is 23.6 Å². The Labute approximate surface area is 155 Å². The number of hydrogen-bond donors (Lipinski definition) is 1. The fourth-order valence-corrected chi connectivity index (χ4v) is 3.15. The molecule has 1 N–H and O–H groups in total. The Morgan fingerprint density at radius 1 is 1.04 bits per heavy atom. The molecular formula is C20H19F3N2O2. The largest absolute Gasteiger partial charge is 0.416 e. The van der Waals surface area contributed by atoms with Crippen LogP contribution in [-0.4, -0.2) is 29.8 Å². The molecule has 1 fully saturated rings. The molecule has 0 saturated carbocycles. The topological polar surface area (TPSA) is 49.4 Å². The lowest BCUT2D eigenvalue weighted by molar-refractivity contribution is -0.137. The standard InChI is InChI=1S/C20H19F3N2O2/c21-20(22,23)16-8-4-6-14(12-16)19(27)25-11-5-7-15(13-25)18(26)24-17-9-2-1-3-10-17/h1-4,6,8-10,12,15H,5,7,11,13H2,(H,24,26). The molecule has 0 aliphatic carbocycles. The molecule has 4 nitrogen and oxygen atoms in total. The first-order valence-electron chi connectivity index (χ1n) is 8.67. The molecule has 7 heteroatoms. The van der Waals surface area contributed by atoms with E-state index in [0.29, 0.717) is 25.1 Å². The Morgan fingerprint density at radius 3 is 2.48 bits per heavy atom. The summed E-state index contributed by atoms with van der Waals surface area (Å²) in [5, 5.41) is 2.81. The first-order chi connectivity index (χ1) is 12.8. The molecule has 1 saturated heterocycles. The van der Waals surface area contributed by atoms with Crippen molar-refractivity contribution in [2.75, 3.05) is 18.4 Å². The van der Waals surface area contributed by atoms with Gasteiger partial charge in [-0.3, -0.25) is 9.59 Å². The minimum atomic E-state index is -4.50. The van der Waals surface area contributed by atoms with Crippen LogP contribution in [0.25, 0.3) is 0 Å². The van der Waals surface area contributed by atoms with Crippen LogP contribution in [0.1, 0.15) is 28.8 Å². The number of carbonyl (C=O) groups is 2. The number of hydrogen-bond acceptors (Lipinski definition) is 2. The molecule has 1 aliphatic rings. The molecule has 2 aromatic carbocycles. The van der Waals surface area contributed by atoms with Gasteiger partial charge in [0, 0.05) is 24.3 Å². The lowest BCUT2D eigenvalue weighted by Gasteiger charge is -2.32. The van der Waals surface area contributed by atoms with Gasteiger partial charge in [0.05, 0.1) is 11.5 Å². The molecule has 1 atom stereocenters. The number of halogens is 3. The molecule has 0 aromatic heterocycles. The van der Waals surface area contributed by atoms with Crippen LogP contribution in [-0.2, 0) is 11.0 Å². The summed E-state index contributed by atoms with van der Waals surface area (Å²) in [7, 11) is 0. The van der Waals surface area contributed by atoms with E-state index in [1.807, 2.05) is 6.07 Å². The summed E-state index contributed by atoms with van der Waals surface area (Å²) in [4.78, 5) is 26.5. The van der Waals surface area contributed by atoms with Crippen molar-refractivity contribution < 1.29 is 22.8 Å². The molecule has 2 amide bonds. The van der Waals surface area contributed by atoms with Gasteiger partial charge in [0.1, 0.15) is 0 Å². The van der Waals surface area contributed by atoms with Crippen LogP contribution in [0, 0.1) is 5.92 Å². The van der Waals surface area contributed by atoms with E-state index in [2.05, 4.69) is 5.32 Å². The summed E-state index contributed by atoms with van der Waals surface area (Å²) in [6.07, 6.45) is -3.25. The van der Waals surface area contributed by atoms with Crippen molar-refractivity contribution in [2.45, 2.75) is 19.0 Å². The second kappa shape index (κ2) is 7.82. The van der Waals surface area contributed by atoms with E-state index in [9.17, 15) is 22.8 Å². The lowest BCUT2D eigenvalue weighted by Crippen LogP contribution is -2.43. The van der Waals surface area contributed by atoms with Gasteiger partial charge in [0.2, 0.25) is 5.91 Å². The maximum Gasteiger partial charge on any atom is 0.416 e. The number of benzene rings is 2. The third-order valence-electron chi connectivity index (χ3n) is 4.56. The van der Waals surface area contributed by atoms with Gasteiger partial charge >= 0.3 is 6.18 Å². The zero-order valence-electron chi connectivity index (χ0n) is 14.5. The number of anilines is 1. The van der Waals surface area contributed by atoms with Crippen molar-refractivity contribution in [3.05, 3.63) is 65.7 Å². The summed E-state index contributed by atoms with van der Waals surface area (Å²) in [6.45, 7) is 0.609. The molecule has 3 rings (SSSR count). The Bertz CT molecular complexity index is 821. The lowest BCUT2D eigenvalue weighted by atomic mass is 9.96. The van der Waals surface area contributed by atoms with E-state index in [-0.39, 0.29) is 18.0 Å². The molecule has 142 valence electrons. The average Bonchev–Trinajstić information content (AvgIpc) is 2.68. The van der Waals surface area contributed by atoms with Gasteiger partial charge < -0.3 is 10.2 Å². The molecule has 27 heavy (non-hydrogen) atoms. The third-order valence-corrected chi connectivity index (χ3v) is 4.56. The summed E-state index contributed by atoms with van der Waals surface area (Å²) >= 11 is 0. The fourth-order valence-electron chi connectivity index (χ4n) is 3.15. The van der Waals surface area contributed by atoms with Gasteiger partial charge in [-0.2, -0.15) is 13.2 Å². The molecule has 0 radical (unpaired) electrons. The SMILES string of the molecule is O=C(Nc1ccccc1)C1CCCN(C(=O)c2cccc(C(F)(F)F)c2)C1. The molecule has 2 aromatic rings. The minimum Gasteiger partial charge on any atom is -0.338 e. The number of piperidine rings is 1. The van der Waals surface area contributed by atoms with Crippen LogP contribution in [0.5, 0.6) is 0 Å². The fraction of sp³-hybridized carbons (Fsp3) is 0.300. The number of likely N-dealkylation sites (tertiary alicyclic amines) is 1. The van der Waals surface area contributed by atoms with Gasteiger partial charge in [-0.1, -0.05) is 24.3 Å². The highest BCUT2D eigenvalue weighted by Crippen LogP contribution is 2.30. The number of amides is 2. The zero-order chi connectivity index (χ0) is 19.4. The maximum atomic E-state index is 12.9. The summed E-state index contributed by atoms with van der Waals surface area (Å²) in [5.41, 5.74) is -0.207. The molecule has 0 bridgehead atoms. The first-order valence-corrected chi connectivity index (χ1v) is 8.67. The van der Waals surface area contributed by atoms with Crippen LogP contribution in [0.3, 0.4) is 0 Å². The molecule has 1 unspecified atom stereocenters. The predicted octanol–water partition coefficient (Wildman–Crippen LogP) is 4.20. The van der Waals surface area contributed by atoms with E-state index in [0.717, 1.165) is 12.1 Å². The minimum absolute atomic E-state index is 0.0195. The maximum absolute atomic E-state index is 12.9. The monoisotopic (exact) mass is 376 g/mol. The van der Waals surface area contributed by atoms with E-state index in [1.54, 1.807) is 24.3 Å². The molecular weight excluding hydrogens is 357 g/mol. The first kappa shape index (κ1) is 18.9. The van der Waals surface area contributed by atoms with Crippen LogP contribution < -0.4 is 5.32 Å². The van der Waals surface area contributed by atoms with Crippen molar-refractivity contribution >= 4 is 17.5 Å². The van der Waals surface area contributed by atoms with Gasteiger partial charge in [-0.05, 0) is 43.2 Å². The third kappa shape index (κ3) is 4.67. The Kier molecular flexibility index (Phi) is 5.48. The van der Waals surface area contributed by atoms with Crippen LogP contribution in [0.2, 0.25) is 0 Å². The smallest absolute Gasteiger partial charge is 0.338 e. The number of alkyl halides is 3. The zero-order valence-corrected chi connectivity index (χ0v) is 14.5. The highest BCUT2D eigenvalue weighted by Gasteiger charge is 2.33. The van der Waals surface area contributed by atoms with E-state index >= 15 is 0 Å². The second-order valence-electron chi connectivity index (χ2n) is 6.52. The van der Waals surface area contributed by atoms with E-state index in [4.69, 9.17) is 0 Å². The second-order valence-corrected chi connectivity index (χ2v) is 6.52. The quantitative estimate of drug-likeness (QED) is 0.873. The highest BCUT2D eigenvalue weighted by atomic mass is 19.4. The van der Waals surface area contributed by atoms with Gasteiger partial charge in [0.25, 0.3) is 5.91 Å². The number of nitrogens with zero attached hydrogens (tertiary/aromatic N) is 1. The average molecular weight is 376 g/mol. The predicted molar refractivity (Wildman–Crippen MR) is 95.1 cm³/mol. The van der Waals surface area contributed by atoms with Crippen molar-refractivity contribution in [1.29, 1.82) is 0 Å². The number of para-hydroxylation sites is 1. The molecule has 0 spiro atoms. The summed E-state index contributed by atoms with van der Waals surface area (Å²) in [6, 6.07) is 13.4. The van der Waals surface area contributed by atoms with Crippen molar-refractivity contribution in [2.24, 2.45) is 5.92 Å². The van der Waals surface area contributed by atoms with Gasteiger partial charge in [-0.15, -0.1) is 0 Å². The van der Waals surface area contributed by atoms with Gasteiger partial charge in [-0.25, -0.2) is 0 Å². The van der Waals surface area contributed by atoms with Crippen molar-refractivity contribution in [3.63, 3.8) is 0 Å². The van der Waals surface area contributed by atoms with Crippen LogP contribution in [0.4, 0.5) is 18.9 Å². The Hall–Kier alpha value is -2.83. The van der Waals surface area contributed by atoms with E-state index in [1.165, 1.54) is 17.0 Å². The summed E-state index contributed by atoms with van der Waals surface area (Å²) in [5.74, 6) is -1.07. The number of carbonyl (C=O) groups excluding carboxylic acids is 2. The number of rotatable bonds is 3. The summed E-state index contributed by atoms with van der Waals surface area (Å²) < 4.78 is 38.6. The van der Waals surface area contributed by atoms with Crippen LogP contribution >= 0.6 is 0 Å². The van der Waals surface area contributed by atoms with Crippen molar-refractivity contribution in [1.82, 2.24) is 4.90 Å². The Balaban J connectivity index is 1.69. The highest BCUT2D eigenvalue weighted by molar-refractivity contribution is 5.96. The van der Waals surface area contributed by atoms with Crippen molar-refractivity contribution in [3.8, 4) is 0 Å². The molecule has 1 aliphatic heterocycles. The Morgan fingerprint density at radius 2 is 1.78 bits per heavy atom. The normalized spacial score (nSPS) is 17.4. The van der Waals surface area contributed by atoms with Gasteiger partial charge in [0.15, 0.2) is 0 Å². The van der Waals surface area contributed by atoms with Crippen LogP contribution in [0.15, 0.2) is 54.6 Å².